The topological polar surface area (TPSA) is 29.5 Å². The zero-order chi connectivity index (χ0) is 14.0. The summed E-state index contributed by atoms with van der Waals surface area (Å²) < 4.78 is 5.96. The largest absolute Gasteiger partial charge is 0.508 e. The predicted octanol–water partition coefficient (Wildman–Crippen LogP) is 4.52. The number of aliphatic hydroxyl groups excluding tert-OH is 1. The molecule has 0 radical (unpaired) electrons. The van der Waals surface area contributed by atoms with Gasteiger partial charge in [0.1, 0.15) is 17.6 Å². The van der Waals surface area contributed by atoms with E-state index >= 15 is 0 Å². The molecule has 0 fully saturated rings. The van der Waals surface area contributed by atoms with Gasteiger partial charge in [-0.3, -0.25) is 0 Å². The van der Waals surface area contributed by atoms with E-state index in [0.29, 0.717) is 5.56 Å². The van der Waals surface area contributed by atoms with E-state index in [1.807, 2.05) is 25.1 Å². The van der Waals surface area contributed by atoms with Crippen molar-refractivity contribution >= 4 is 5.76 Å². The minimum atomic E-state index is -0.0337. The van der Waals surface area contributed by atoms with E-state index in [-0.39, 0.29) is 17.8 Å². The highest BCUT2D eigenvalue weighted by Crippen LogP contribution is 2.43. The number of ether oxygens (including phenoxy) is 1. The van der Waals surface area contributed by atoms with Crippen molar-refractivity contribution in [2.24, 2.45) is 0 Å². The Morgan fingerprint density at radius 3 is 2.79 bits per heavy atom. The van der Waals surface area contributed by atoms with Gasteiger partial charge in [0, 0.05) is 11.5 Å². The first-order valence-electron chi connectivity index (χ1n) is 6.52. The Bertz CT molecular complexity index is 540. The highest BCUT2D eigenvalue weighted by Gasteiger charge is 2.29. The molecule has 1 aromatic rings. The van der Waals surface area contributed by atoms with E-state index in [1.165, 1.54) is 5.56 Å². The molecular formula is C17H20O2. The molecule has 2 heteroatoms. The number of allylic oxidation sites excluding steroid dienone is 2. The molecule has 1 N–H and O–H groups in total. The summed E-state index contributed by atoms with van der Waals surface area (Å²) in [5.74, 6) is 1.07. The first-order valence-corrected chi connectivity index (χ1v) is 6.52. The van der Waals surface area contributed by atoms with Crippen molar-refractivity contribution in [3.63, 3.8) is 0 Å². The summed E-state index contributed by atoms with van der Waals surface area (Å²) >= 11 is 0. The summed E-state index contributed by atoms with van der Waals surface area (Å²) in [5, 5.41) is 9.73. The molecule has 0 saturated carbocycles. The summed E-state index contributed by atoms with van der Waals surface area (Å²) in [6.07, 6.45) is 6.89. The van der Waals surface area contributed by atoms with E-state index in [1.54, 1.807) is 0 Å². The molecule has 1 aliphatic rings. The van der Waals surface area contributed by atoms with Crippen molar-refractivity contribution in [1.29, 1.82) is 0 Å². The van der Waals surface area contributed by atoms with Crippen molar-refractivity contribution in [3.05, 3.63) is 60.2 Å². The van der Waals surface area contributed by atoms with E-state index in [9.17, 15) is 5.11 Å². The van der Waals surface area contributed by atoms with Gasteiger partial charge in [0.15, 0.2) is 0 Å². The number of fused-ring (bicyclic) bond motifs is 1. The Labute approximate surface area is 114 Å². The first-order chi connectivity index (χ1) is 9.08. The molecule has 0 spiro atoms. The van der Waals surface area contributed by atoms with Gasteiger partial charge in [0.2, 0.25) is 0 Å². The molecule has 1 aromatic carbocycles. The Kier molecular flexibility index (Phi) is 3.79. The van der Waals surface area contributed by atoms with E-state index < -0.39 is 0 Å². The fraction of sp³-hybridized carbons (Fsp3) is 0.294. The van der Waals surface area contributed by atoms with Crippen LogP contribution in [0.4, 0.5) is 0 Å². The molecule has 2 rings (SSSR count). The number of hydrogen-bond acceptors (Lipinski definition) is 2. The number of aryl methyl sites for hydroxylation is 1. The molecule has 0 aromatic heterocycles. The second-order valence-corrected chi connectivity index (χ2v) is 4.88. The molecule has 2 nitrogen and oxygen atoms in total. The average Bonchev–Trinajstić information content (AvgIpc) is 2.38. The second-order valence-electron chi connectivity index (χ2n) is 4.88. The van der Waals surface area contributed by atoms with Gasteiger partial charge in [-0.25, -0.2) is 0 Å². The molecule has 19 heavy (non-hydrogen) atoms. The summed E-state index contributed by atoms with van der Waals surface area (Å²) in [6, 6.07) is 3.86. The Balaban J connectivity index is 2.63. The van der Waals surface area contributed by atoms with Crippen molar-refractivity contribution in [2.75, 3.05) is 0 Å². The maximum Gasteiger partial charge on any atom is 0.135 e. The Hall–Kier alpha value is -1.96. The van der Waals surface area contributed by atoms with Gasteiger partial charge in [-0.2, -0.15) is 0 Å². The van der Waals surface area contributed by atoms with Crippen LogP contribution < -0.4 is 4.74 Å². The van der Waals surface area contributed by atoms with Crippen LogP contribution in [0.5, 0.6) is 5.75 Å². The number of benzene rings is 1. The van der Waals surface area contributed by atoms with Crippen molar-refractivity contribution in [1.82, 2.24) is 0 Å². The van der Waals surface area contributed by atoms with Crippen LogP contribution in [-0.4, -0.2) is 11.2 Å². The fourth-order valence-corrected chi connectivity index (χ4v) is 2.63. The molecular weight excluding hydrogens is 236 g/mol. The van der Waals surface area contributed by atoms with E-state index in [2.05, 4.69) is 32.2 Å². The van der Waals surface area contributed by atoms with Gasteiger partial charge in [0.25, 0.3) is 0 Å². The number of aliphatic hydroxyl groups is 1. The zero-order valence-corrected chi connectivity index (χ0v) is 11.5. The maximum atomic E-state index is 9.73. The van der Waals surface area contributed by atoms with Crippen LogP contribution in [-0.2, 0) is 0 Å². The van der Waals surface area contributed by atoms with Crippen LogP contribution in [0.15, 0.2) is 43.5 Å². The highest BCUT2D eigenvalue weighted by atomic mass is 16.5. The smallest absolute Gasteiger partial charge is 0.135 e. The minimum Gasteiger partial charge on any atom is -0.508 e. The average molecular weight is 256 g/mol. The van der Waals surface area contributed by atoms with E-state index in [0.717, 1.165) is 17.7 Å². The van der Waals surface area contributed by atoms with Gasteiger partial charge < -0.3 is 9.84 Å². The molecule has 0 amide bonds. The lowest BCUT2D eigenvalue weighted by atomic mass is 9.85. The third kappa shape index (κ3) is 2.43. The lowest BCUT2D eigenvalue weighted by molar-refractivity contribution is 0.209. The number of rotatable bonds is 3. The van der Waals surface area contributed by atoms with Gasteiger partial charge in [0.05, 0.1) is 5.56 Å². The zero-order valence-electron chi connectivity index (χ0n) is 11.5. The van der Waals surface area contributed by atoms with Crippen LogP contribution in [0.25, 0.3) is 5.76 Å². The molecule has 0 saturated heterocycles. The van der Waals surface area contributed by atoms with E-state index in [4.69, 9.17) is 4.74 Å². The third-order valence-corrected chi connectivity index (χ3v) is 3.54. The molecule has 0 aliphatic carbocycles. The minimum absolute atomic E-state index is 0.0337. The fourth-order valence-electron chi connectivity index (χ4n) is 2.63. The predicted molar refractivity (Wildman–Crippen MR) is 79.6 cm³/mol. The van der Waals surface area contributed by atoms with Crippen molar-refractivity contribution in [2.45, 2.75) is 32.3 Å². The molecule has 0 bridgehead atoms. The second kappa shape index (κ2) is 5.35. The lowest BCUT2D eigenvalue weighted by Crippen LogP contribution is -2.24. The molecule has 1 aliphatic heterocycles. The molecule has 2 unspecified atom stereocenters. The Morgan fingerprint density at radius 2 is 2.21 bits per heavy atom. The standard InChI is InChI=1S/C17H20O2/c1-5-7-13-10-14(6-2)19-17-15(12(4)18)9-8-11(3)16(13)17/h5-9,13-14,18H,2,4,10H2,1,3H3/b7-5-. The van der Waals surface area contributed by atoms with Gasteiger partial charge in [-0.1, -0.05) is 37.5 Å². The van der Waals surface area contributed by atoms with Gasteiger partial charge in [-0.15, -0.1) is 0 Å². The van der Waals surface area contributed by atoms with Crippen LogP contribution >= 0.6 is 0 Å². The van der Waals surface area contributed by atoms with Gasteiger partial charge in [-0.05, 0) is 31.9 Å². The first kappa shape index (κ1) is 13.5. The summed E-state index contributed by atoms with van der Waals surface area (Å²) in [5.41, 5.74) is 2.98. The van der Waals surface area contributed by atoms with Crippen LogP contribution in [0.2, 0.25) is 0 Å². The SMILES string of the molecule is C=CC1CC(/C=C\C)c2c(C)ccc(C(=C)O)c2O1. The summed E-state index contributed by atoms with van der Waals surface area (Å²) in [7, 11) is 0. The van der Waals surface area contributed by atoms with Crippen molar-refractivity contribution in [3.8, 4) is 5.75 Å². The quantitative estimate of drug-likeness (QED) is 0.636. The van der Waals surface area contributed by atoms with Crippen molar-refractivity contribution < 1.29 is 9.84 Å². The van der Waals surface area contributed by atoms with Crippen LogP contribution in [0.3, 0.4) is 0 Å². The monoisotopic (exact) mass is 256 g/mol. The lowest BCUT2D eigenvalue weighted by Gasteiger charge is -2.32. The van der Waals surface area contributed by atoms with Crippen LogP contribution in [0.1, 0.15) is 36.0 Å². The van der Waals surface area contributed by atoms with Crippen LogP contribution in [0, 0.1) is 6.92 Å². The summed E-state index contributed by atoms with van der Waals surface area (Å²) in [6.45, 7) is 11.5. The third-order valence-electron chi connectivity index (χ3n) is 3.54. The highest BCUT2D eigenvalue weighted by molar-refractivity contribution is 5.67. The maximum absolute atomic E-state index is 9.73. The number of hydrogen-bond donors (Lipinski definition) is 1. The molecule has 2 atom stereocenters. The van der Waals surface area contributed by atoms with Gasteiger partial charge >= 0.3 is 0 Å². The molecule has 1 heterocycles. The molecule has 100 valence electrons. The normalized spacial score (nSPS) is 21.8. The Morgan fingerprint density at radius 1 is 1.47 bits per heavy atom. The summed E-state index contributed by atoms with van der Waals surface area (Å²) in [4.78, 5) is 0.